The Morgan fingerprint density at radius 3 is 1.06 bits per heavy atom. The van der Waals surface area contributed by atoms with Crippen molar-refractivity contribution in [3.05, 3.63) is 217 Å². The van der Waals surface area contributed by atoms with Crippen molar-refractivity contribution >= 4 is 34.1 Å². The number of anilines is 6. The summed E-state index contributed by atoms with van der Waals surface area (Å²) in [6.45, 7) is 0. The molecule has 0 N–H and O–H groups in total. The Hall–Kier alpha value is -6.78. The van der Waals surface area contributed by atoms with Crippen LogP contribution in [0, 0.1) is 11.6 Å². The molecular weight excluding hydrogens is 655 g/mol. The topological polar surface area (TPSA) is 6.48 Å². The third-order valence-corrected chi connectivity index (χ3v) is 9.97. The molecule has 0 amide bonds. The molecule has 2 nitrogen and oxygen atoms in total. The Kier molecular flexibility index (Phi) is 8.33. The van der Waals surface area contributed by atoms with Gasteiger partial charge in [0.2, 0.25) is 0 Å². The summed E-state index contributed by atoms with van der Waals surface area (Å²) in [5.41, 5.74) is 15.1. The summed E-state index contributed by atoms with van der Waals surface area (Å²) in [6.07, 6.45) is 0.905. The van der Waals surface area contributed by atoms with Crippen molar-refractivity contribution < 1.29 is 8.78 Å². The summed E-state index contributed by atoms with van der Waals surface area (Å²) >= 11 is 0. The quantitative estimate of drug-likeness (QED) is 0.157. The van der Waals surface area contributed by atoms with E-state index in [1.54, 1.807) is 24.3 Å². The zero-order valence-corrected chi connectivity index (χ0v) is 28.8. The van der Waals surface area contributed by atoms with E-state index < -0.39 is 0 Å². The second-order valence-electron chi connectivity index (χ2n) is 13.3. The molecule has 0 unspecified atom stereocenters. The van der Waals surface area contributed by atoms with E-state index >= 15 is 0 Å². The fourth-order valence-corrected chi connectivity index (χ4v) is 7.41. The highest BCUT2D eigenvalue weighted by Crippen LogP contribution is 2.43. The van der Waals surface area contributed by atoms with Crippen molar-refractivity contribution in [2.45, 2.75) is 6.42 Å². The van der Waals surface area contributed by atoms with Crippen molar-refractivity contribution in [3.8, 4) is 33.4 Å². The second-order valence-corrected chi connectivity index (χ2v) is 13.3. The van der Waals surface area contributed by atoms with Gasteiger partial charge in [-0.1, -0.05) is 97.1 Å². The first-order valence-corrected chi connectivity index (χ1v) is 17.8. The van der Waals surface area contributed by atoms with Gasteiger partial charge in [0.15, 0.2) is 0 Å². The van der Waals surface area contributed by atoms with Crippen LogP contribution in [0.1, 0.15) is 11.1 Å². The highest BCUT2D eigenvalue weighted by atomic mass is 19.1. The number of hydrogen-bond donors (Lipinski definition) is 0. The van der Waals surface area contributed by atoms with Crippen LogP contribution in [0.4, 0.5) is 42.9 Å². The summed E-state index contributed by atoms with van der Waals surface area (Å²) < 4.78 is 28.6. The average Bonchev–Trinajstić information content (AvgIpc) is 3.57. The number of rotatable bonds is 8. The van der Waals surface area contributed by atoms with Gasteiger partial charge in [-0.3, -0.25) is 0 Å². The van der Waals surface area contributed by atoms with Crippen LogP contribution in [-0.4, -0.2) is 0 Å². The molecule has 254 valence electrons. The number of para-hydroxylation sites is 2. The highest BCUT2D eigenvalue weighted by Gasteiger charge is 2.21. The largest absolute Gasteiger partial charge is 0.310 e. The van der Waals surface area contributed by atoms with Gasteiger partial charge in [-0.25, -0.2) is 8.78 Å². The van der Waals surface area contributed by atoms with Crippen LogP contribution in [0.5, 0.6) is 0 Å². The van der Waals surface area contributed by atoms with Crippen molar-refractivity contribution in [2.24, 2.45) is 0 Å². The number of hydrogen-bond acceptors (Lipinski definition) is 2. The molecule has 4 heteroatoms. The van der Waals surface area contributed by atoms with Gasteiger partial charge in [-0.2, -0.15) is 0 Å². The standard InChI is InChI=1S/C49H34F2N2/c50-40-9-7-15-46(32-40)52(42-11-3-1-4-12-42)44-25-21-34(22-26-44)36-17-19-38-29-39-20-18-37(31-49(39)48(38)30-36)35-23-27-45(28-24-35)53(43-13-5-2-6-14-43)47-16-8-10-41(51)33-47/h1-28,30-33H,29H2. The molecule has 0 fully saturated rings. The zero-order valence-electron chi connectivity index (χ0n) is 28.8. The van der Waals surface area contributed by atoms with E-state index in [1.807, 2.05) is 72.8 Å². The molecule has 0 saturated heterocycles. The molecule has 0 bridgehead atoms. The Balaban J connectivity index is 1.01. The second kappa shape index (κ2) is 13.7. The SMILES string of the molecule is Fc1cccc(N(c2ccccc2)c2ccc(-c3ccc4c(c3)-c3cc(-c5ccc(N(c6ccccc6)c6cccc(F)c6)cc5)ccc3C4)cc2)c1. The van der Waals surface area contributed by atoms with Gasteiger partial charge in [0.1, 0.15) is 11.6 Å². The highest BCUT2D eigenvalue weighted by molar-refractivity contribution is 5.86. The molecule has 0 spiro atoms. The molecule has 53 heavy (non-hydrogen) atoms. The van der Waals surface area contributed by atoms with Gasteiger partial charge in [0, 0.05) is 34.1 Å². The molecule has 0 aromatic heterocycles. The molecule has 0 radical (unpaired) electrons. The van der Waals surface area contributed by atoms with Crippen LogP contribution < -0.4 is 9.80 Å². The Morgan fingerprint density at radius 1 is 0.302 bits per heavy atom. The summed E-state index contributed by atoms with van der Waals surface area (Å²) in [6, 6.07) is 64.0. The van der Waals surface area contributed by atoms with E-state index in [-0.39, 0.29) is 11.6 Å². The molecule has 8 aromatic rings. The predicted octanol–water partition coefficient (Wildman–Crippen LogP) is 13.8. The van der Waals surface area contributed by atoms with Gasteiger partial charge < -0.3 is 9.80 Å². The van der Waals surface area contributed by atoms with Crippen molar-refractivity contribution in [2.75, 3.05) is 9.80 Å². The van der Waals surface area contributed by atoms with E-state index in [0.29, 0.717) is 0 Å². The summed E-state index contributed by atoms with van der Waals surface area (Å²) in [5, 5.41) is 0. The summed E-state index contributed by atoms with van der Waals surface area (Å²) in [4.78, 5) is 4.14. The lowest BCUT2D eigenvalue weighted by Gasteiger charge is -2.25. The third kappa shape index (κ3) is 6.36. The van der Waals surface area contributed by atoms with Gasteiger partial charge in [0.25, 0.3) is 0 Å². The Bertz CT molecular complexity index is 2370. The number of nitrogens with zero attached hydrogens (tertiary/aromatic N) is 2. The number of fused-ring (bicyclic) bond motifs is 3. The minimum atomic E-state index is -0.269. The molecule has 0 aliphatic heterocycles. The zero-order chi connectivity index (χ0) is 35.7. The molecule has 0 atom stereocenters. The monoisotopic (exact) mass is 688 g/mol. The fraction of sp³-hybridized carbons (Fsp3) is 0.0204. The Labute approximate surface area is 308 Å². The van der Waals surface area contributed by atoms with Crippen LogP contribution in [0.3, 0.4) is 0 Å². The van der Waals surface area contributed by atoms with Crippen molar-refractivity contribution in [3.63, 3.8) is 0 Å². The van der Waals surface area contributed by atoms with Gasteiger partial charge in [-0.15, -0.1) is 0 Å². The van der Waals surface area contributed by atoms with E-state index in [1.165, 1.54) is 34.4 Å². The smallest absolute Gasteiger partial charge is 0.125 e. The van der Waals surface area contributed by atoms with Crippen LogP contribution in [0.15, 0.2) is 194 Å². The first-order valence-electron chi connectivity index (χ1n) is 17.8. The van der Waals surface area contributed by atoms with Crippen LogP contribution in [0.2, 0.25) is 0 Å². The molecule has 0 saturated carbocycles. The van der Waals surface area contributed by atoms with Gasteiger partial charge in [-0.05, 0) is 148 Å². The van der Waals surface area contributed by atoms with Crippen LogP contribution in [-0.2, 0) is 6.42 Å². The minimum Gasteiger partial charge on any atom is -0.310 e. The van der Waals surface area contributed by atoms with Crippen LogP contribution >= 0.6 is 0 Å². The fourth-order valence-electron chi connectivity index (χ4n) is 7.41. The van der Waals surface area contributed by atoms with Gasteiger partial charge in [0.05, 0.1) is 0 Å². The molecule has 1 aliphatic carbocycles. The minimum absolute atomic E-state index is 0.269. The lowest BCUT2D eigenvalue weighted by atomic mass is 9.96. The summed E-state index contributed by atoms with van der Waals surface area (Å²) in [7, 11) is 0. The third-order valence-electron chi connectivity index (χ3n) is 9.97. The predicted molar refractivity (Wildman–Crippen MR) is 215 cm³/mol. The van der Waals surface area contributed by atoms with Crippen molar-refractivity contribution in [1.29, 1.82) is 0 Å². The average molecular weight is 689 g/mol. The first kappa shape index (κ1) is 32.1. The van der Waals surface area contributed by atoms with Crippen molar-refractivity contribution in [1.82, 2.24) is 0 Å². The first-order chi connectivity index (χ1) is 26.1. The van der Waals surface area contributed by atoms with Gasteiger partial charge >= 0.3 is 0 Å². The van der Waals surface area contributed by atoms with Crippen LogP contribution in [0.25, 0.3) is 33.4 Å². The lowest BCUT2D eigenvalue weighted by Crippen LogP contribution is -2.09. The maximum atomic E-state index is 14.3. The molecular formula is C49H34F2N2. The number of benzene rings is 8. The lowest BCUT2D eigenvalue weighted by molar-refractivity contribution is 0.627. The normalized spacial score (nSPS) is 11.5. The molecule has 1 aliphatic rings. The van der Waals surface area contributed by atoms with E-state index in [2.05, 4.69) is 94.7 Å². The maximum Gasteiger partial charge on any atom is 0.125 e. The van der Waals surface area contributed by atoms with E-state index in [4.69, 9.17) is 0 Å². The maximum absolute atomic E-state index is 14.3. The summed E-state index contributed by atoms with van der Waals surface area (Å²) in [5.74, 6) is -0.538. The number of halogens is 2. The molecule has 9 rings (SSSR count). The van der Waals surface area contributed by atoms with E-state index in [9.17, 15) is 8.78 Å². The van der Waals surface area contributed by atoms with E-state index in [0.717, 1.165) is 62.8 Å². The Morgan fingerprint density at radius 2 is 0.660 bits per heavy atom. The molecule has 0 heterocycles. The molecule has 8 aromatic carbocycles.